The molecule has 3 rings (SSSR count). The molecule has 0 aliphatic heterocycles. The molecule has 1 saturated carbocycles. The highest BCUT2D eigenvalue weighted by atomic mass is 32.1. The lowest BCUT2D eigenvalue weighted by atomic mass is 9.78. The summed E-state index contributed by atoms with van der Waals surface area (Å²) in [5.74, 6) is -0.317. The first kappa shape index (κ1) is 17.4. The molecule has 0 radical (unpaired) electrons. The molecule has 0 bridgehead atoms. The highest BCUT2D eigenvalue weighted by molar-refractivity contribution is 7.09. The normalized spacial score (nSPS) is 15.7. The van der Waals surface area contributed by atoms with E-state index < -0.39 is 11.4 Å². The summed E-state index contributed by atoms with van der Waals surface area (Å²) in [6, 6.07) is 7.66. The zero-order valence-electron chi connectivity index (χ0n) is 13.9. The fourth-order valence-corrected chi connectivity index (χ4v) is 4.06. The molecule has 1 amide bonds. The average molecular weight is 360 g/mol. The van der Waals surface area contributed by atoms with Gasteiger partial charge in [0.1, 0.15) is 10.8 Å². The van der Waals surface area contributed by atoms with E-state index in [9.17, 15) is 9.59 Å². The van der Waals surface area contributed by atoms with Crippen molar-refractivity contribution in [2.75, 3.05) is 7.11 Å². The van der Waals surface area contributed by atoms with Gasteiger partial charge in [-0.3, -0.25) is 4.79 Å². The topological polar surface area (TPSA) is 88.5 Å². The Labute approximate surface area is 149 Å². The fourth-order valence-electron chi connectivity index (χ4n) is 3.35. The first-order chi connectivity index (χ1) is 12.0. The SMILES string of the molecule is COc1ccc(C2(C(=O)NCc3nc(C(=O)O)cs3)CCCC2)cc1. The summed E-state index contributed by atoms with van der Waals surface area (Å²) in [4.78, 5) is 27.9. The molecule has 7 heteroatoms. The van der Waals surface area contributed by atoms with Gasteiger partial charge in [-0.2, -0.15) is 0 Å². The third-order valence-electron chi connectivity index (χ3n) is 4.71. The van der Waals surface area contributed by atoms with Crippen molar-refractivity contribution in [1.29, 1.82) is 0 Å². The van der Waals surface area contributed by atoms with Crippen LogP contribution in [0.3, 0.4) is 0 Å². The van der Waals surface area contributed by atoms with E-state index in [0.717, 1.165) is 37.0 Å². The number of nitrogens with one attached hydrogen (secondary N) is 1. The number of thiazole rings is 1. The molecule has 1 heterocycles. The molecule has 0 saturated heterocycles. The zero-order chi connectivity index (χ0) is 17.9. The van der Waals surface area contributed by atoms with Gasteiger partial charge in [-0.25, -0.2) is 9.78 Å². The van der Waals surface area contributed by atoms with Crippen molar-refractivity contribution < 1.29 is 19.4 Å². The molecule has 1 aromatic heterocycles. The highest BCUT2D eigenvalue weighted by Crippen LogP contribution is 2.41. The van der Waals surface area contributed by atoms with E-state index in [4.69, 9.17) is 9.84 Å². The Morgan fingerprint density at radius 3 is 2.52 bits per heavy atom. The van der Waals surface area contributed by atoms with Crippen LogP contribution in [-0.4, -0.2) is 29.1 Å². The number of carbonyl (C=O) groups is 2. The largest absolute Gasteiger partial charge is 0.497 e. The Kier molecular flexibility index (Phi) is 5.03. The van der Waals surface area contributed by atoms with Crippen LogP contribution in [0.5, 0.6) is 5.75 Å². The summed E-state index contributed by atoms with van der Waals surface area (Å²) in [6.07, 6.45) is 3.65. The number of carboxylic acids is 1. The number of carbonyl (C=O) groups excluding carboxylic acids is 1. The van der Waals surface area contributed by atoms with Gasteiger partial charge in [0.2, 0.25) is 5.91 Å². The molecule has 2 N–H and O–H groups in total. The van der Waals surface area contributed by atoms with Crippen LogP contribution in [-0.2, 0) is 16.8 Å². The minimum Gasteiger partial charge on any atom is -0.497 e. The molecule has 0 unspecified atom stereocenters. The smallest absolute Gasteiger partial charge is 0.355 e. The number of hydrogen-bond acceptors (Lipinski definition) is 5. The van der Waals surface area contributed by atoms with Crippen molar-refractivity contribution in [2.24, 2.45) is 0 Å². The van der Waals surface area contributed by atoms with Gasteiger partial charge in [0.05, 0.1) is 19.1 Å². The highest BCUT2D eigenvalue weighted by Gasteiger charge is 2.42. The first-order valence-electron chi connectivity index (χ1n) is 8.16. The third-order valence-corrected chi connectivity index (χ3v) is 5.55. The summed E-state index contributed by atoms with van der Waals surface area (Å²) in [6.45, 7) is 0.245. The summed E-state index contributed by atoms with van der Waals surface area (Å²) >= 11 is 1.24. The summed E-state index contributed by atoms with van der Waals surface area (Å²) in [5, 5.41) is 13.9. The van der Waals surface area contributed by atoms with Gasteiger partial charge in [-0.05, 0) is 30.5 Å². The lowest BCUT2D eigenvalue weighted by molar-refractivity contribution is -0.126. The van der Waals surface area contributed by atoms with Crippen molar-refractivity contribution in [2.45, 2.75) is 37.6 Å². The molecule has 0 atom stereocenters. The van der Waals surface area contributed by atoms with Gasteiger partial charge in [0, 0.05) is 5.38 Å². The Balaban J connectivity index is 1.74. The van der Waals surface area contributed by atoms with Gasteiger partial charge >= 0.3 is 5.97 Å². The average Bonchev–Trinajstić information content (AvgIpc) is 3.30. The Hall–Kier alpha value is -2.41. The molecular weight excluding hydrogens is 340 g/mol. The van der Waals surface area contributed by atoms with Gasteiger partial charge in [-0.15, -0.1) is 11.3 Å². The monoisotopic (exact) mass is 360 g/mol. The molecule has 132 valence electrons. The molecule has 1 aliphatic carbocycles. The second-order valence-electron chi connectivity index (χ2n) is 6.13. The van der Waals surface area contributed by atoms with E-state index in [0.29, 0.717) is 5.01 Å². The predicted octanol–water partition coefficient (Wildman–Crippen LogP) is 2.98. The van der Waals surface area contributed by atoms with Crippen molar-refractivity contribution in [1.82, 2.24) is 10.3 Å². The maximum Gasteiger partial charge on any atom is 0.355 e. The number of methoxy groups -OCH3 is 1. The zero-order valence-corrected chi connectivity index (χ0v) is 14.8. The van der Waals surface area contributed by atoms with E-state index in [2.05, 4.69) is 10.3 Å². The van der Waals surface area contributed by atoms with Crippen LogP contribution in [0, 0.1) is 0 Å². The van der Waals surface area contributed by atoms with Gasteiger partial charge in [0.25, 0.3) is 0 Å². The van der Waals surface area contributed by atoms with Crippen LogP contribution in [0.1, 0.15) is 46.7 Å². The van der Waals surface area contributed by atoms with Crippen LogP contribution < -0.4 is 10.1 Å². The molecule has 1 aromatic carbocycles. The van der Waals surface area contributed by atoms with Gasteiger partial charge in [-0.1, -0.05) is 25.0 Å². The van der Waals surface area contributed by atoms with E-state index >= 15 is 0 Å². The Morgan fingerprint density at radius 1 is 1.28 bits per heavy atom. The molecule has 2 aromatic rings. The van der Waals surface area contributed by atoms with E-state index in [-0.39, 0.29) is 18.1 Å². The lowest BCUT2D eigenvalue weighted by Gasteiger charge is -2.28. The standard InChI is InChI=1S/C18H20N2O4S/c1-24-13-6-4-12(5-7-13)18(8-2-3-9-18)17(23)19-10-15-20-14(11-25-15)16(21)22/h4-7,11H,2-3,8-10H2,1H3,(H,19,23)(H,21,22). The quantitative estimate of drug-likeness (QED) is 0.827. The van der Waals surface area contributed by atoms with E-state index in [1.165, 1.54) is 16.7 Å². The van der Waals surface area contributed by atoms with Crippen molar-refractivity contribution in [3.8, 4) is 5.75 Å². The minimum absolute atomic E-state index is 0.0139. The maximum absolute atomic E-state index is 13.0. The Morgan fingerprint density at radius 2 is 1.96 bits per heavy atom. The number of ether oxygens (including phenoxy) is 1. The number of nitrogens with zero attached hydrogens (tertiary/aromatic N) is 1. The van der Waals surface area contributed by atoms with Crippen molar-refractivity contribution in [3.63, 3.8) is 0 Å². The van der Waals surface area contributed by atoms with Crippen molar-refractivity contribution >= 4 is 23.2 Å². The number of hydrogen-bond donors (Lipinski definition) is 2. The summed E-state index contributed by atoms with van der Waals surface area (Å²) in [7, 11) is 1.62. The third kappa shape index (κ3) is 3.51. The number of aromatic carboxylic acids is 1. The second kappa shape index (κ2) is 7.23. The number of rotatable bonds is 6. The fraction of sp³-hybridized carbons (Fsp3) is 0.389. The summed E-state index contributed by atoms with van der Waals surface area (Å²) in [5.41, 5.74) is 0.479. The van der Waals surface area contributed by atoms with Gasteiger partial charge < -0.3 is 15.2 Å². The maximum atomic E-state index is 13.0. The van der Waals surface area contributed by atoms with E-state index in [1.807, 2.05) is 24.3 Å². The van der Waals surface area contributed by atoms with Crippen LogP contribution in [0.15, 0.2) is 29.6 Å². The lowest BCUT2D eigenvalue weighted by Crippen LogP contribution is -2.42. The number of carboxylic acid groups (broad SMARTS) is 1. The number of aromatic nitrogens is 1. The molecular formula is C18H20N2O4S. The Bertz CT molecular complexity index is 764. The number of amides is 1. The minimum atomic E-state index is -1.06. The predicted molar refractivity (Wildman–Crippen MR) is 94.1 cm³/mol. The summed E-state index contributed by atoms with van der Waals surface area (Å²) < 4.78 is 5.20. The van der Waals surface area contributed by atoms with Crippen LogP contribution >= 0.6 is 11.3 Å². The van der Waals surface area contributed by atoms with E-state index in [1.54, 1.807) is 7.11 Å². The van der Waals surface area contributed by atoms with Crippen LogP contribution in [0.25, 0.3) is 0 Å². The molecule has 25 heavy (non-hydrogen) atoms. The molecule has 0 spiro atoms. The van der Waals surface area contributed by atoms with Crippen molar-refractivity contribution in [3.05, 3.63) is 45.9 Å². The molecule has 6 nitrogen and oxygen atoms in total. The van der Waals surface area contributed by atoms with Gasteiger partial charge in [0.15, 0.2) is 5.69 Å². The molecule has 1 aliphatic rings. The number of benzene rings is 1. The molecule has 1 fully saturated rings. The van der Waals surface area contributed by atoms with Crippen LogP contribution in [0.4, 0.5) is 0 Å². The first-order valence-corrected chi connectivity index (χ1v) is 9.04. The van der Waals surface area contributed by atoms with Crippen LogP contribution in [0.2, 0.25) is 0 Å². The second-order valence-corrected chi connectivity index (χ2v) is 7.07.